The molecule has 30 heavy (non-hydrogen) atoms. The number of carbonyl (C=O) groups excluding carboxylic acids is 1. The lowest BCUT2D eigenvalue weighted by Gasteiger charge is -2.24. The van der Waals surface area contributed by atoms with Crippen molar-refractivity contribution in [2.24, 2.45) is 10.7 Å². The number of hydrogen-bond donors (Lipinski definition) is 3. The first-order valence-electron chi connectivity index (χ1n) is 8.82. The van der Waals surface area contributed by atoms with Crippen LogP contribution in [0.5, 0.6) is 0 Å². The standard InChI is InChI=1S/C20H16F3N5OS/c21-20(22,23)12-2-1-3-14(10-12)27-19(29)26-13-4-6-15(7-5-13)28-11-25-18-16(17(28)24)8-9-30-18/h1-10H,11,24H2,(H2,26,27,29). The number of nitrogens with zero attached hydrogens (tertiary/aromatic N) is 2. The highest BCUT2D eigenvalue weighted by atomic mass is 32.1. The normalized spacial score (nSPS) is 13.4. The quantitative estimate of drug-likeness (QED) is 0.593. The lowest BCUT2D eigenvalue weighted by atomic mass is 10.2. The van der Waals surface area contributed by atoms with Gasteiger partial charge in [0.05, 0.1) is 10.8 Å². The van der Waals surface area contributed by atoms with E-state index in [2.05, 4.69) is 15.6 Å². The molecule has 0 radical (unpaired) electrons. The summed E-state index contributed by atoms with van der Waals surface area (Å²) in [5, 5.41) is 7.80. The third kappa shape index (κ3) is 4.08. The van der Waals surface area contributed by atoms with Crippen molar-refractivity contribution >= 4 is 40.3 Å². The molecule has 2 aromatic carbocycles. The summed E-state index contributed by atoms with van der Waals surface area (Å²) in [5.74, 6) is 0.601. The first-order chi connectivity index (χ1) is 14.3. The number of halogens is 3. The van der Waals surface area contributed by atoms with Crippen molar-refractivity contribution < 1.29 is 18.0 Å². The van der Waals surface area contributed by atoms with E-state index in [4.69, 9.17) is 5.73 Å². The van der Waals surface area contributed by atoms with E-state index in [-0.39, 0.29) is 5.69 Å². The average Bonchev–Trinajstić information content (AvgIpc) is 3.18. The Labute approximate surface area is 173 Å². The van der Waals surface area contributed by atoms with Crippen molar-refractivity contribution in [1.82, 2.24) is 0 Å². The molecule has 0 saturated carbocycles. The Balaban J connectivity index is 1.44. The van der Waals surface area contributed by atoms with Gasteiger partial charge in [0.2, 0.25) is 0 Å². The van der Waals surface area contributed by atoms with Crippen LogP contribution in [0.3, 0.4) is 0 Å². The Hall–Kier alpha value is -3.53. The molecule has 0 atom stereocenters. The molecule has 0 spiro atoms. The minimum Gasteiger partial charge on any atom is -0.384 e. The Morgan fingerprint density at radius 2 is 1.80 bits per heavy atom. The maximum absolute atomic E-state index is 12.8. The molecule has 154 valence electrons. The molecule has 1 aliphatic heterocycles. The van der Waals surface area contributed by atoms with Gasteiger partial charge in [-0.3, -0.25) is 4.99 Å². The lowest BCUT2D eigenvalue weighted by molar-refractivity contribution is -0.137. The largest absolute Gasteiger partial charge is 0.416 e. The summed E-state index contributed by atoms with van der Waals surface area (Å²) in [5.41, 5.74) is 6.74. The molecule has 0 aliphatic carbocycles. The van der Waals surface area contributed by atoms with Crippen LogP contribution >= 0.6 is 11.3 Å². The number of fused-ring (bicyclic) bond motifs is 1. The third-order valence-corrected chi connectivity index (χ3v) is 5.30. The van der Waals surface area contributed by atoms with Crippen LogP contribution in [0.4, 0.5) is 35.0 Å². The Bertz CT molecular complexity index is 1200. The number of urea groups is 1. The molecule has 3 aromatic rings. The van der Waals surface area contributed by atoms with E-state index in [1.54, 1.807) is 24.3 Å². The number of anilines is 3. The van der Waals surface area contributed by atoms with Crippen molar-refractivity contribution in [3.05, 3.63) is 75.4 Å². The van der Waals surface area contributed by atoms with Gasteiger partial charge in [0.25, 0.3) is 0 Å². The lowest BCUT2D eigenvalue weighted by Crippen LogP contribution is -2.41. The SMILES string of the molecule is NC1=c2ccsc2=NCN1c1ccc(NC(=O)Nc2cccc(C(F)(F)F)c2)cc1. The second kappa shape index (κ2) is 7.71. The molecule has 1 aliphatic rings. The molecule has 0 bridgehead atoms. The molecule has 4 N–H and O–H groups in total. The molecular formula is C20H16F3N5OS. The zero-order valence-corrected chi connectivity index (χ0v) is 16.2. The molecule has 2 amide bonds. The van der Waals surface area contributed by atoms with Crippen molar-refractivity contribution in [2.75, 3.05) is 22.2 Å². The van der Waals surface area contributed by atoms with Crippen LogP contribution in [0.15, 0.2) is 65.0 Å². The van der Waals surface area contributed by atoms with Crippen LogP contribution in [0.2, 0.25) is 0 Å². The van der Waals surface area contributed by atoms with Crippen molar-refractivity contribution in [3.63, 3.8) is 0 Å². The molecule has 2 heterocycles. The molecule has 10 heteroatoms. The van der Waals surface area contributed by atoms with E-state index < -0.39 is 17.8 Å². The highest BCUT2D eigenvalue weighted by Gasteiger charge is 2.30. The number of nitrogens with one attached hydrogen (secondary N) is 2. The summed E-state index contributed by atoms with van der Waals surface area (Å²) in [6.45, 7) is 0.391. The van der Waals surface area contributed by atoms with Crippen LogP contribution in [0, 0.1) is 0 Å². The van der Waals surface area contributed by atoms with Crippen LogP contribution in [-0.4, -0.2) is 12.7 Å². The predicted octanol–water partition coefficient (Wildman–Crippen LogP) is 3.53. The smallest absolute Gasteiger partial charge is 0.384 e. The van der Waals surface area contributed by atoms with E-state index in [0.717, 1.165) is 27.7 Å². The minimum atomic E-state index is -4.48. The second-order valence-corrected chi connectivity index (χ2v) is 7.35. The van der Waals surface area contributed by atoms with E-state index in [1.807, 2.05) is 16.3 Å². The van der Waals surface area contributed by atoms with Crippen LogP contribution in [0.25, 0.3) is 5.82 Å². The molecular weight excluding hydrogens is 415 g/mol. The highest BCUT2D eigenvalue weighted by Crippen LogP contribution is 2.30. The van der Waals surface area contributed by atoms with E-state index in [0.29, 0.717) is 18.2 Å². The summed E-state index contributed by atoms with van der Waals surface area (Å²) < 4.78 is 39.3. The number of thiophene rings is 1. The predicted molar refractivity (Wildman–Crippen MR) is 111 cm³/mol. The first kappa shape index (κ1) is 19.8. The van der Waals surface area contributed by atoms with Crippen LogP contribution in [-0.2, 0) is 6.18 Å². The summed E-state index contributed by atoms with van der Waals surface area (Å²) in [4.78, 5) is 18.5. The van der Waals surface area contributed by atoms with E-state index >= 15 is 0 Å². The molecule has 0 unspecified atom stereocenters. The summed E-state index contributed by atoms with van der Waals surface area (Å²) in [6.07, 6.45) is -4.48. The Kier molecular flexibility index (Phi) is 5.08. The fourth-order valence-electron chi connectivity index (χ4n) is 2.99. The van der Waals surface area contributed by atoms with Gasteiger partial charge in [-0.05, 0) is 53.9 Å². The molecule has 1 aromatic heterocycles. The fourth-order valence-corrected chi connectivity index (χ4v) is 3.75. The molecule has 6 nitrogen and oxygen atoms in total. The third-order valence-electron chi connectivity index (χ3n) is 4.45. The first-order valence-corrected chi connectivity index (χ1v) is 9.70. The van der Waals surface area contributed by atoms with Gasteiger partial charge in [0, 0.05) is 17.1 Å². The van der Waals surface area contributed by atoms with Gasteiger partial charge in [-0.15, -0.1) is 11.3 Å². The number of amides is 2. The summed E-state index contributed by atoms with van der Waals surface area (Å²) in [7, 11) is 0. The minimum absolute atomic E-state index is 0.0443. The number of rotatable bonds is 3. The number of nitrogens with two attached hydrogens (primary N) is 1. The van der Waals surface area contributed by atoms with Gasteiger partial charge < -0.3 is 21.3 Å². The van der Waals surface area contributed by atoms with Gasteiger partial charge in [0.15, 0.2) is 0 Å². The van der Waals surface area contributed by atoms with Gasteiger partial charge in [-0.2, -0.15) is 13.2 Å². The molecule has 0 saturated heterocycles. The van der Waals surface area contributed by atoms with Gasteiger partial charge >= 0.3 is 12.2 Å². The number of hydrogen-bond acceptors (Lipinski definition) is 5. The fraction of sp³-hybridized carbons (Fsp3) is 0.100. The van der Waals surface area contributed by atoms with Crippen LogP contribution < -0.4 is 31.2 Å². The molecule has 4 rings (SSSR count). The summed E-state index contributed by atoms with van der Waals surface area (Å²) >= 11 is 1.53. The number of benzene rings is 2. The van der Waals surface area contributed by atoms with Crippen molar-refractivity contribution in [1.29, 1.82) is 0 Å². The van der Waals surface area contributed by atoms with Crippen molar-refractivity contribution in [3.8, 4) is 0 Å². The maximum Gasteiger partial charge on any atom is 0.416 e. The average molecular weight is 431 g/mol. The Morgan fingerprint density at radius 1 is 1.07 bits per heavy atom. The van der Waals surface area contributed by atoms with E-state index in [9.17, 15) is 18.0 Å². The zero-order chi connectivity index (χ0) is 21.3. The topological polar surface area (TPSA) is 82.8 Å². The number of alkyl halides is 3. The van der Waals surface area contributed by atoms with Gasteiger partial charge in [0.1, 0.15) is 17.2 Å². The van der Waals surface area contributed by atoms with Gasteiger partial charge in [-0.25, -0.2) is 4.79 Å². The van der Waals surface area contributed by atoms with Crippen molar-refractivity contribution in [2.45, 2.75) is 6.18 Å². The van der Waals surface area contributed by atoms with Gasteiger partial charge in [-0.1, -0.05) is 6.07 Å². The number of carbonyl (C=O) groups is 1. The van der Waals surface area contributed by atoms with E-state index in [1.165, 1.54) is 23.5 Å². The maximum atomic E-state index is 12.8. The zero-order valence-electron chi connectivity index (χ0n) is 15.4. The summed E-state index contributed by atoms with van der Waals surface area (Å²) in [6, 6.07) is 12.6. The Morgan fingerprint density at radius 3 is 2.53 bits per heavy atom. The second-order valence-electron chi connectivity index (χ2n) is 6.46. The highest BCUT2D eigenvalue weighted by molar-refractivity contribution is 7.07. The van der Waals surface area contributed by atoms with Crippen LogP contribution in [0.1, 0.15) is 5.56 Å². The molecule has 0 fully saturated rings. The monoisotopic (exact) mass is 431 g/mol.